The third kappa shape index (κ3) is 3.15. The van der Waals surface area contributed by atoms with E-state index in [4.69, 9.17) is 0 Å². The summed E-state index contributed by atoms with van der Waals surface area (Å²) in [6, 6.07) is 0.119. The number of rotatable bonds is 4. The van der Waals surface area contributed by atoms with Crippen LogP contribution in [0, 0.1) is 5.92 Å². The number of amides is 1. The molecule has 0 radical (unpaired) electrons. The van der Waals surface area contributed by atoms with Gasteiger partial charge in [0.05, 0.1) is 12.4 Å². The van der Waals surface area contributed by atoms with Crippen molar-refractivity contribution in [3.05, 3.63) is 18.2 Å². The molecule has 0 saturated heterocycles. The molecule has 5 heteroatoms. The van der Waals surface area contributed by atoms with Crippen LogP contribution in [0.2, 0.25) is 0 Å². The Morgan fingerprint density at radius 3 is 2.95 bits per heavy atom. The standard InChI is InChI=1S/C14H23N3O2/c1-10(2)17(8-11(3)18)14(19)12-4-5-16-9-15-7-13(16)6-12/h7,9-12,18H,4-6,8H2,1-3H3. The van der Waals surface area contributed by atoms with Crippen molar-refractivity contribution in [2.75, 3.05) is 6.54 Å². The first kappa shape index (κ1) is 14.1. The van der Waals surface area contributed by atoms with E-state index < -0.39 is 6.10 Å². The third-order valence-electron chi connectivity index (χ3n) is 3.69. The smallest absolute Gasteiger partial charge is 0.226 e. The number of aliphatic hydroxyl groups excluding tert-OH is 1. The number of imidazole rings is 1. The summed E-state index contributed by atoms with van der Waals surface area (Å²) in [5.74, 6) is 0.175. The lowest BCUT2D eigenvalue weighted by atomic mass is 9.94. The van der Waals surface area contributed by atoms with Crippen LogP contribution in [-0.4, -0.2) is 44.2 Å². The molecule has 106 valence electrons. The molecule has 2 rings (SSSR count). The topological polar surface area (TPSA) is 58.4 Å². The Labute approximate surface area is 114 Å². The van der Waals surface area contributed by atoms with E-state index in [0.29, 0.717) is 6.54 Å². The summed E-state index contributed by atoms with van der Waals surface area (Å²) >= 11 is 0. The molecule has 1 N–H and O–H groups in total. The number of carbonyl (C=O) groups excluding carboxylic acids is 1. The molecule has 19 heavy (non-hydrogen) atoms. The molecule has 0 bridgehead atoms. The summed E-state index contributed by atoms with van der Waals surface area (Å²) in [5.41, 5.74) is 1.13. The van der Waals surface area contributed by atoms with Gasteiger partial charge in [-0.3, -0.25) is 4.79 Å². The number of carbonyl (C=O) groups is 1. The fourth-order valence-corrected chi connectivity index (χ4v) is 2.65. The number of nitrogens with zero attached hydrogens (tertiary/aromatic N) is 3. The highest BCUT2D eigenvalue weighted by Gasteiger charge is 2.30. The zero-order chi connectivity index (χ0) is 14.0. The van der Waals surface area contributed by atoms with Gasteiger partial charge >= 0.3 is 0 Å². The number of hydrogen-bond acceptors (Lipinski definition) is 3. The lowest BCUT2D eigenvalue weighted by molar-refractivity contribution is -0.139. The molecule has 5 nitrogen and oxygen atoms in total. The van der Waals surface area contributed by atoms with Crippen molar-refractivity contribution in [2.45, 2.75) is 52.3 Å². The van der Waals surface area contributed by atoms with E-state index in [9.17, 15) is 9.90 Å². The molecule has 0 saturated carbocycles. The van der Waals surface area contributed by atoms with E-state index in [1.54, 1.807) is 11.8 Å². The van der Waals surface area contributed by atoms with Crippen molar-refractivity contribution >= 4 is 5.91 Å². The fraction of sp³-hybridized carbons (Fsp3) is 0.714. The Morgan fingerprint density at radius 1 is 1.58 bits per heavy atom. The Hall–Kier alpha value is -1.36. The molecule has 2 unspecified atom stereocenters. The lowest BCUT2D eigenvalue weighted by Crippen LogP contribution is -2.46. The van der Waals surface area contributed by atoms with Crippen LogP contribution in [0.1, 0.15) is 32.9 Å². The van der Waals surface area contributed by atoms with Gasteiger partial charge in [0.25, 0.3) is 0 Å². The van der Waals surface area contributed by atoms with Crippen LogP contribution in [0.4, 0.5) is 0 Å². The average Bonchev–Trinajstić information content (AvgIpc) is 2.81. The van der Waals surface area contributed by atoms with Crippen LogP contribution in [0.3, 0.4) is 0 Å². The maximum Gasteiger partial charge on any atom is 0.226 e. The summed E-state index contributed by atoms with van der Waals surface area (Å²) in [7, 11) is 0. The summed E-state index contributed by atoms with van der Waals surface area (Å²) in [5, 5.41) is 9.54. The Balaban J connectivity index is 2.06. The molecular weight excluding hydrogens is 242 g/mol. The molecule has 0 aromatic carbocycles. The van der Waals surface area contributed by atoms with Gasteiger partial charge in [0.2, 0.25) is 5.91 Å². The minimum absolute atomic E-state index is 0.0188. The fourth-order valence-electron chi connectivity index (χ4n) is 2.65. The van der Waals surface area contributed by atoms with Gasteiger partial charge in [-0.15, -0.1) is 0 Å². The first-order chi connectivity index (χ1) is 8.99. The second-order valence-corrected chi connectivity index (χ2v) is 5.70. The van der Waals surface area contributed by atoms with E-state index >= 15 is 0 Å². The summed E-state index contributed by atoms with van der Waals surface area (Å²) < 4.78 is 2.11. The molecule has 2 atom stereocenters. The van der Waals surface area contributed by atoms with Gasteiger partial charge in [0.15, 0.2) is 0 Å². The van der Waals surface area contributed by atoms with Crippen molar-refractivity contribution in [1.82, 2.24) is 14.5 Å². The van der Waals surface area contributed by atoms with Gasteiger partial charge in [0.1, 0.15) is 0 Å². The SMILES string of the molecule is CC(O)CN(C(=O)C1CCn2cncc2C1)C(C)C. The minimum Gasteiger partial charge on any atom is -0.392 e. The average molecular weight is 265 g/mol. The highest BCUT2D eigenvalue weighted by atomic mass is 16.3. The molecule has 0 spiro atoms. The molecule has 1 aliphatic rings. The molecular formula is C14H23N3O2. The normalized spacial score (nSPS) is 20.2. The van der Waals surface area contributed by atoms with Crippen molar-refractivity contribution in [1.29, 1.82) is 0 Å². The van der Waals surface area contributed by atoms with E-state index in [1.807, 2.05) is 26.4 Å². The van der Waals surface area contributed by atoms with Crippen molar-refractivity contribution < 1.29 is 9.90 Å². The number of fused-ring (bicyclic) bond motifs is 1. The number of hydrogen-bond donors (Lipinski definition) is 1. The zero-order valence-corrected chi connectivity index (χ0v) is 11.9. The van der Waals surface area contributed by atoms with E-state index in [2.05, 4.69) is 9.55 Å². The maximum atomic E-state index is 12.6. The molecule has 2 heterocycles. The molecule has 0 aliphatic carbocycles. The lowest BCUT2D eigenvalue weighted by Gasteiger charge is -2.33. The second-order valence-electron chi connectivity index (χ2n) is 5.70. The molecule has 1 aliphatic heterocycles. The zero-order valence-electron chi connectivity index (χ0n) is 11.9. The van der Waals surface area contributed by atoms with Gasteiger partial charge in [-0.25, -0.2) is 4.98 Å². The van der Waals surface area contributed by atoms with Gasteiger partial charge in [-0.05, 0) is 27.2 Å². The monoisotopic (exact) mass is 265 g/mol. The number of aliphatic hydroxyl groups is 1. The first-order valence-electron chi connectivity index (χ1n) is 6.96. The summed E-state index contributed by atoms with van der Waals surface area (Å²) in [4.78, 5) is 18.5. The molecule has 1 amide bonds. The Morgan fingerprint density at radius 2 is 2.32 bits per heavy atom. The van der Waals surface area contributed by atoms with E-state index in [1.165, 1.54) is 0 Å². The van der Waals surface area contributed by atoms with Crippen LogP contribution in [-0.2, 0) is 17.8 Å². The summed E-state index contributed by atoms with van der Waals surface area (Å²) in [6.07, 6.45) is 4.79. The van der Waals surface area contributed by atoms with Crippen molar-refractivity contribution in [2.24, 2.45) is 5.92 Å². The number of aryl methyl sites for hydroxylation is 1. The van der Waals surface area contributed by atoms with Gasteiger partial charge in [0, 0.05) is 43.4 Å². The van der Waals surface area contributed by atoms with Crippen LogP contribution >= 0.6 is 0 Å². The van der Waals surface area contributed by atoms with Gasteiger partial charge < -0.3 is 14.6 Å². The highest BCUT2D eigenvalue weighted by molar-refractivity contribution is 5.79. The Kier molecular flexibility index (Phi) is 4.24. The highest BCUT2D eigenvalue weighted by Crippen LogP contribution is 2.22. The van der Waals surface area contributed by atoms with Crippen molar-refractivity contribution in [3.8, 4) is 0 Å². The third-order valence-corrected chi connectivity index (χ3v) is 3.69. The van der Waals surface area contributed by atoms with Gasteiger partial charge in [-0.2, -0.15) is 0 Å². The minimum atomic E-state index is -0.486. The van der Waals surface area contributed by atoms with E-state index in [0.717, 1.165) is 25.1 Å². The molecule has 0 fully saturated rings. The second kappa shape index (κ2) is 5.74. The van der Waals surface area contributed by atoms with Crippen LogP contribution < -0.4 is 0 Å². The number of aromatic nitrogens is 2. The maximum absolute atomic E-state index is 12.6. The first-order valence-corrected chi connectivity index (χ1v) is 6.96. The quantitative estimate of drug-likeness (QED) is 0.885. The van der Waals surface area contributed by atoms with Crippen LogP contribution in [0.15, 0.2) is 12.5 Å². The molecule has 1 aromatic rings. The van der Waals surface area contributed by atoms with Crippen LogP contribution in [0.25, 0.3) is 0 Å². The van der Waals surface area contributed by atoms with Crippen LogP contribution in [0.5, 0.6) is 0 Å². The predicted octanol–water partition coefficient (Wildman–Crippen LogP) is 1.06. The Bertz CT molecular complexity index is 440. The summed E-state index contributed by atoms with van der Waals surface area (Å²) in [6.45, 7) is 6.97. The largest absolute Gasteiger partial charge is 0.392 e. The van der Waals surface area contributed by atoms with Crippen molar-refractivity contribution in [3.63, 3.8) is 0 Å². The molecule has 1 aromatic heterocycles. The van der Waals surface area contributed by atoms with Gasteiger partial charge in [-0.1, -0.05) is 0 Å². The van der Waals surface area contributed by atoms with E-state index in [-0.39, 0.29) is 17.9 Å². The predicted molar refractivity (Wildman–Crippen MR) is 72.6 cm³/mol.